The van der Waals surface area contributed by atoms with Gasteiger partial charge in [0, 0.05) is 22.2 Å². The molecule has 2 aromatic rings. The molecule has 0 fully saturated rings. The Balaban J connectivity index is 1.95. The van der Waals surface area contributed by atoms with E-state index in [1.54, 1.807) is 0 Å². The van der Waals surface area contributed by atoms with Crippen molar-refractivity contribution in [1.82, 2.24) is 5.32 Å². The first kappa shape index (κ1) is 13.2. The zero-order valence-corrected chi connectivity index (χ0v) is 13.0. The summed E-state index contributed by atoms with van der Waals surface area (Å²) in [5.74, 6) is 2.25. The quantitative estimate of drug-likeness (QED) is 0.857. The van der Waals surface area contributed by atoms with Crippen LogP contribution in [-0.2, 0) is 5.75 Å². The van der Waals surface area contributed by atoms with Crippen molar-refractivity contribution < 1.29 is 0 Å². The summed E-state index contributed by atoms with van der Waals surface area (Å²) in [5.41, 5.74) is 4.00. The van der Waals surface area contributed by atoms with Gasteiger partial charge in [0.05, 0.1) is 12.5 Å². The van der Waals surface area contributed by atoms with Crippen molar-refractivity contribution in [1.29, 1.82) is 0 Å². The van der Waals surface area contributed by atoms with Gasteiger partial charge < -0.3 is 5.32 Å². The van der Waals surface area contributed by atoms with Gasteiger partial charge in [-0.3, -0.25) is 4.99 Å². The van der Waals surface area contributed by atoms with Crippen LogP contribution in [-0.4, -0.2) is 18.9 Å². The van der Waals surface area contributed by atoms with Crippen LogP contribution in [0.15, 0.2) is 52.4 Å². The Hall–Kier alpha value is -1.45. The predicted molar refractivity (Wildman–Crippen MR) is 89.6 cm³/mol. The summed E-state index contributed by atoms with van der Waals surface area (Å²) in [4.78, 5) is 5.98. The number of nitrogens with one attached hydrogen (secondary N) is 1. The highest BCUT2D eigenvalue weighted by molar-refractivity contribution is 7.98. The molecule has 1 atom stereocenters. The van der Waals surface area contributed by atoms with Crippen molar-refractivity contribution in [2.45, 2.75) is 16.6 Å². The summed E-state index contributed by atoms with van der Waals surface area (Å²) in [6, 6.07) is 14.9. The molecular formula is C17H15ClN2S. The Morgan fingerprint density at radius 2 is 2.05 bits per heavy atom. The lowest BCUT2D eigenvalue weighted by molar-refractivity contribution is 0.926. The average molecular weight is 315 g/mol. The fourth-order valence-electron chi connectivity index (χ4n) is 3.05. The van der Waals surface area contributed by atoms with Gasteiger partial charge in [-0.25, -0.2) is 0 Å². The van der Waals surface area contributed by atoms with Crippen LogP contribution >= 0.6 is 23.4 Å². The van der Waals surface area contributed by atoms with Crippen LogP contribution in [0.1, 0.15) is 22.6 Å². The van der Waals surface area contributed by atoms with E-state index in [0.29, 0.717) is 0 Å². The molecule has 21 heavy (non-hydrogen) atoms. The number of hydrogen-bond acceptors (Lipinski definition) is 3. The van der Waals surface area contributed by atoms with Gasteiger partial charge in [-0.1, -0.05) is 35.9 Å². The van der Waals surface area contributed by atoms with Gasteiger partial charge in [0.1, 0.15) is 5.84 Å². The summed E-state index contributed by atoms with van der Waals surface area (Å²) in [6.45, 7) is 1.79. The fraction of sp³-hybridized carbons (Fsp3) is 0.235. The third-order valence-electron chi connectivity index (χ3n) is 4.01. The smallest absolute Gasteiger partial charge is 0.109 e. The Morgan fingerprint density at radius 3 is 2.90 bits per heavy atom. The second-order valence-electron chi connectivity index (χ2n) is 5.30. The number of nitrogens with zero attached hydrogens (tertiary/aromatic N) is 1. The van der Waals surface area contributed by atoms with Crippen molar-refractivity contribution in [2.75, 3.05) is 13.1 Å². The monoisotopic (exact) mass is 314 g/mol. The zero-order chi connectivity index (χ0) is 14.2. The minimum atomic E-state index is 0.174. The fourth-order valence-corrected chi connectivity index (χ4v) is 4.31. The van der Waals surface area contributed by atoms with E-state index in [2.05, 4.69) is 46.7 Å². The molecule has 4 rings (SSSR count). The minimum Gasteiger partial charge on any atom is -0.371 e. The number of fused-ring (bicyclic) bond motifs is 2. The molecule has 2 nitrogen and oxygen atoms in total. The molecule has 0 aliphatic carbocycles. The number of benzene rings is 2. The highest BCUT2D eigenvalue weighted by atomic mass is 35.5. The van der Waals surface area contributed by atoms with E-state index < -0.39 is 0 Å². The van der Waals surface area contributed by atoms with Gasteiger partial charge in [-0.15, -0.1) is 11.8 Å². The van der Waals surface area contributed by atoms with E-state index in [1.165, 1.54) is 21.6 Å². The van der Waals surface area contributed by atoms with Gasteiger partial charge in [0.15, 0.2) is 0 Å². The van der Waals surface area contributed by atoms with Crippen LogP contribution in [0.4, 0.5) is 0 Å². The normalized spacial score (nSPS) is 20.0. The van der Waals surface area contributed by atoms with Crippen LogP contribution < -0.4 is 5.32 Å². The largest absolute Gasteiger partial charge is 0.371 e. The van der Waals surface area contributed by atoms with Gasteiger partial charge in [0.2, 0.25) is 0 Å². The number of rotatable bonds is 1. The van der Waals surface area contributed by atoms with Crippen molar-refractivity contribution >= 4 is 29.2 Å². The topological polar surface area (TPSA) is 24.4 Å². The molecular weight excluding hydrogens is 300 g/mol. The predicted octanol–water partition coefficient (Wildman–Crippen LogP) is 4.08. The highest BCUT2D eigenvalue weighted by Crippen LogP contribution is 2.42. The van der Waals surface area contributed by atoms with Crippen molar-refractivity contribution in [3.05, 3.63) is 64.2 Å². The number of aliphatic imine (C=N–C) groups is 1. The standard InChI is InChI=1S/C17H15ClN2S/c18-12-5-6-15-14(9-12)16(17-19-7-8-20-17)13-4-2-1-3-11(13)10-21-15/h1-6,9,16H,7-8,10H2,(H,19,20)/t16-/m1/s1. The summed E-state index contributed by atoms with van der Waals surface area (Å²) < 4.78 is 0. The van der Waals surface area contributed by atoms with Crippen molar-refractivity contribution in [3.63, 3.8) is 0 Å². The molecule has 2 aromatic carbocycles. The van der Waals surface area contributed by atoms with Crippen LogP contribution in [0, 0.1) is 0 Å². The summed E-state index contributed by atoms with van der Waals surface area (Å²) in [7, 11) is 0. The Kier molecular flexibility index (Phi) is 3.40. The van der Waals surface area contributed by atoms with Crippen LogP contribution in [0.5, 0.6) is 0 Å². The molecule has 0 spiro atoms. The Bertz CT molecular complexity index is 726. The van der Waals surface area contributed by atoms with Crippen LogP contribution in [0.3, 0.4) is 0 Å². The molecule has 2 heterocycles. The first-order chi connectivity index (χ1) is 10.3. The third kappa shape index (κ3) is 2.34. The Labute approximate surface area is 133 Å². The number of thioether (sulfide) groups is 1. The molecule has 0 bridgehead atoms. The van der Waals surface area contributed by atoms with E-state index >= 15 is 0 Å². The van der Waals surface area contributed by atoms with Gasteiger partial charge in [-0.2, -0.15) is 0 Å². The van der Waals surface area contributed by atoms with E-state index in [9.17, 15) is 0 Å². The highest BCUT2D eigenvalue weighted by Gasteiger charge is 2.29. The molecule has 2 aliphatic rings. The lowest BCUT2D eigenvalue weighted by Gasteiger charge is -2.20. The van der Waals surface area contributed by atoms with Gasteiger partial charge >= 0.3 is 0 Å². The van der Waals surface area contributed by atoms with Crippen molar-refractivity contribution in [2.24, 2.45) is 4.99 Å². The maximum Gasteiger partial charge on any atom is 0.109 e. The summed E-state index contributed by atoms with van der Waals surface area (Å²) >= 11 is 8.14. The Morgan fingerprint density at radius 1 is 1.14 bits per heavy atom. The van der Waals surface area contributed by atoms with E-state index in [1.807, 2.05) is 17.8 Å². The minimum absolute atomic E-state index is 0.174. The summed E-state index contributed by atoms with van der Waals surface area (Å²) in [6.07, 6.45) is 0. The van der Waals surface area contributed by atoms with E-state index in [-0.39, 0.29) is 5.92 Å². The SMILES string of the molecule is Clc1ccc2c(c1)[C@H](C1=NCCN1)c1ccccc1CS2. The number of hydrogen-bond donors (Lipinski definition) is 1. The lowest BCUT2D eigenvalue weighted by atomic mass is 9.87. The first-order valence-electron chi connectivity index (χ1n) is 7.11. The second kappa shape index (κ2) is 5.39. The second-order valence-corrected chi connectivity index (χ2v) is 6.75. The average Bonchev–Trinajstić information content (AvgIpc) is 2.97. The van der Waals surface area contributed by atoms with Crippen LogP contribution in [0.25, 0.3) is 0 Å². The maximum atomic E-state index is 6.26. The molecule has 0 radical (unpaired) electrons. The van der Waals surface area contributed by atoms with E-state index in [0.717, 1.165) is 29.7 Å². The molecule has 0 saturated heterocycles. The molecule has 0 unspecified atom stereocenters. The maximum absolute atomic E-state index is 6.26. The van der Waals surface area contributed by atoms with Gasteiger partial charge in [0.25, 0.3) is 0 Å². The third-order valence-corrected chi connectivity index (χ3v) is 5.38. The zero-order valence-electron chi connectivity index (χ0n) is 11.5. The molecule has 0 amide bonds. The molecule has 0 saturated carbocycles. The van der Waals surface area contributed by atoms with Crippen LogP contribution in [0.2, 0.25) is 5.02 Å². The molecule has 1 N–H and O–H groups in total. The molecule has 4 heteroatoms. The number of amidine groups is 1. The molecule has 2 aliphatic heterocycles. The van der Waals surface area contributed by atoms with Gasteiger partial charge in [-0.05, 0) is 34.9 Å². The number of halogens is 1. The molecule has 106 valence electrons. The van der Waals surface area contributed by atoms with E-state index in [4.69, 9.17) is 11.6 Å². The first-order valence-corrected chi connectivity index (χ1v) is 8.47. The molecule has 0 aromatic heterocycles. The summed E-state index contributed by atoms with van der Waals surface area (Å²) in [5, 5.41) is 4.24. The van der Waals surface area contributed by atoms with Crippen molar-refractivity contribution in [3.8, 4) is 0 Å². The lowest BCUT2D eigenvalue weighted by Crippen LogP contribution is -2.27.